The summed E-state index contributed by atoms with van der Waals surface area (Å²) in [5.74, 6) is 0. The number of carbonyl (C=O) groups excluding carboxylic acids is 1. The highest BCUT2D eigenvalue weighted by molar-refractivity contribution is 14.1. The molecule has 0 spiro atoms. The molecule has 6 nitrogen and oxygen atoms in total. The third-order valence-corrected chi connectivity index (χ3v) is 2.53. The van der Waals surface area contributed by atoms with Crippen LogP contribution in [0.1, 0.15) is 6.92 Å². The van der Waals surface area contributed by atoms with Crippen molar-refractivity contribution in [2.75, 3.05) is 6.61 Å². The van der Waals surface area contributed by atoms with Crippen molar-refractivity contribution in [3.63, 3.8) is 0 Å². The summed E-state index contributed by atoms with van der Waals surface area (Å²) >= 11 is 2.07. The van der Waals surface area contributed by atoms with Gasteiger partial charge in [-0.1, -0.05) is 0 Å². The summed E-state index contributed by atoms with van der Waals surface area (Å²) in [7, 11) is 0. The van der Waals surface area contributed by atoms with E-state index in [9.17, 15) is 9.59 Å². The minimum Gasteiger partial charge on any atom is -0.449 e. The maximum Gasteiger partial charge on any atom is 0.424 e. The predicted octanol–water partition coefficient (Wildman–Crippen LogP) is 1.33. The highest BCUT2D eigenvalue weighted by Crippen LogP contribution is 2.11. The van der Waals surface area contributed by atoms with Crippen molar-refractivity contribution in [2.24, 2.45) is 0 Å². The van der Waals surface area contributed by atoms with E-state index in [1.54, 1.807) is 19.2 Å². The fourth-order valence-corrected chi connectivity index (χ4v) is 1.78. The third-order valence-electron chi connectivity index (χ3n) is 1.94. The third kappa shape index (κ3) is 1.82. The van der Waals surface area contributed by atoms with E-state index in [0.717, 1.165) is 8.14 Å². The number of H-pyrrole nitrogens is 1. The van der Waals surface area contributed by atoms with Gasteiger partial charge in [-0.3, -0.25) is 0 Å². The Morgan fingerprint density at radius 2 is 2.44 bits per heavy atom. The molecule has 2 heterocycles. The summed E-state index contributed by atoms with van der Waals surface area (Å²) in [5.41, 5.74) is 0.261. The molecular formula is C9H8IN3O3. The van der Waals surface area contributed by atoms with Crippen LogP contribution in [0.5, 0.6) is 0 Å². The molecule has 0 bridgehead atoms. The summed E-state index contributed by atoms with van der Waals surface area (Å²) in [6.45, 7) is 1.89. The quantitative estimate of drug-likeness (QED) is 0.799. The molecule has 2 aromatic rings. The summed E-state index contributed by atoms with van der Waals surface area (Å²) in [6.07, 6.45) is 0.860. The van der Waals surface area contributed by atoms with Crippen LogP contribution in [0.2, 0.25) is 0 Å². The van der Waals surface area contributed by atoms with E-state index in [2.05, 4.69) is 32.6 Å². The van der Waals surface area contributed by atoms with Crippen LogP contribution in [-0.4, -0.2) is 27.2 Å². The van der Waals surface area contributed by atoms with Crippen molar-refractivity contribution in [1.29, 1.82) is 0 Å². The molecule has 0 aliphatic carbocycles. The van der Waals surface area contributed by atoms with Gasteiger partial charge >= 0.3 is 11.8 Å². The van der Waals surface area contributed by atoms with Gasteiger partial charge in [0, 0.05) is 9.77 Å². The van der Waals surface area contributed by atoms with E-state index in [1.165, 1.54) is 0 Å². The maximum atomic E-state index is 11.5. The summed E-state index contributed by atoms with van der Waals surface area (Å²) in [6, 6.07) is 1.74. The highest BCUT2D eigenvalue weighted by atomic mass is 127. The zero-order chi connectivity index (χ0) is 11.7. The molecule has 0 amide bonds. The molecule has 2 rings (SSSR count). The minimum absolute atomic E-state index is 0.211. The molecule has 1 N–H and O–H groups in total. The molecule has 0 fully saturated rings. The van der Waals surface area contributed by atoms with Gasteiger partial charge in [0.25, 0.3) is 0 Å². The Balaban J connectivity index is 2.65. The van der Waals surface area contributed by atoms with Crippen molar-refractivity contribution < 1.29 is 9.53 Å². The van der Waals surface area contributed by atoms with Crippen LogP contribution in [-0.2, 0) is 4.74 Å². The van der Waals surface area contributed by atoms with Gasteiger partial charge in [-0.15, -0.1) is 0 Å². The molecular weight excluding hydrogens is 325 g/mol. The van der Waals surface area contributed by atoms with Gasteiger partial charge in [0.15, 0.2) is 5.65 Å². The van der Waals surface area contributed by atoms with Crippen LogP contribution in [0.4, 0.5) is 4.79 Å². The molecule has 0 aliphatic heterocycles. The van der Waals surface area contributed by atoms with Crippen molar-refractivity contribution >= 4 is 39.8 Å². The standard InChI is InChI=1S/C9H8IN3O3/c1-2-16-9(15)13-7-6(12-8(13)14)3-5(10)4-11-7/h3-4H,2H2,1H3,(H,12,14). The second-order valence-electron chi connectivity index (χ2n) is 2.99. The fraction of sp³-hybridized carbons (Fsp3) is 0.222. The first kappa shape index (κ1) is 11.1. The van der Waals surface area contributed by atoms with Crippen LogP contribution in [0, 0.1) is 3.57 Å². The summed E-state index contributed by atoms with van der Waals surface area (Å²) in [4.78, 5) is 29.6. The molecule has 0 aliphatic rings. The first-order valence-corrected chi connectivity index (χ1v) is 5.64. The Hall–Kier alpha value is -1.38. The number of aromatic amines is 1. The molecule has 0 radical (unpaired) electrons. The largest absolute Gasteiger partial charge is 0.449 e. The number of pyridine rings is 1. The van der Waals surface area contributed by atoms with Gasteiger partial charge < -0.3 is 9.72 Å². The monoisotopic (exact) mass is 333 g/mol. The SMILES string of the molecule is CCOC(=O)n1c(=O)[nH]c2cc(I)cnc21. The topological polar surface area (TPSA) is 77.0 Å². The molecule has 0 unspecified atom stereocenters. The smallest absolute Gasteiger partial charge is 0.424 e. The molecule has 84 valence electrons. The molecule has 0 saturated carbocycles. The zero-order valence-corrected chi connectivity index (χ0v) is 10.5. The number of imidazole rings is 1. The van der Waals surface area contributed by atoms with Crippen molar-refractivity contribution in [2.45, 2.75) is 6.92 Å². The molecule has 16 heavy (non-hydrogen) atoms. The lowest BCUT2D eigenvalue weighted by atomic mass is 10.4. The number of aromatic nitrogens is 3. The maximum absolute atomic E-state index is 11.5. The number of ether oxygens (including phenoxy) is 1. The molecule has 0 aromatic carbocycles. The number of fused-ring (bicyclic) bond motifs is 1. The normalized spacial score (nSPS) is 10.6. The minimum atomic E-state index is -0.715. The van der Waals surface area contributed by atoms with Gasteiger partial charge in [-0.2, -0.15) is 4.57 Å². The number of hydrogen-bond acceptors (Lipinski definition) is 4. The number of carbonyl (C=O) groups is 1. The lowest BCUT2D eigenvalue weighted by Crippen LogP contribution is -2.25. The number of hydrogen-bond donors (Lipinski definition) is 1. The van der Waals surface area contributed by atoms with Gasteiger partial charge in [0.2, 0.25) is 0 Å². The number of halogens is 1. The van der Waals surface area contributed by atoms with E-state index in [1.807, 2.05) is 0 Å². The molecule has 0 saturated heterocycles. The van der Waals surface area contributed by atoms with Crippen molar-refractivity contribution in [3.05, 3.63) is 26.3 Å². The highest BCUT2D eigenvalue weighted by Gasteiger charge is 2.15. The van der Waals surface area contributed by atoms with Gasteiger partial charge in [0.1, 0.15) is 0 Å². The van der Waals surface area contributed by atoms with Gasteiger partial charge in [-0.25, -0.2) is 14.6 Å². The second kappa shape index (κ2) is 4.24. The molecule has 0 atom stereocenters. The summed E-state index contributed by atoms with van der Waals surface area (Å²) < 4.78 is 6.53. The van der Waals surface area contributed by atoms with E-state index in [-0.39, 0.29) is 12.3 Å². The Kier molecular flexibility index (Phi) is 2.95. The van der Waals surface area contributed by atoms with Gasteiger partial charge in [0.05, 0.1) is 12.1 Å². The first-order chi connectivity index (χ1) is 7.63. The van der Waals surface area contributed by atoms with Crippen LogP contribution >= 0.6 is 22.6 Å². The van der Waals surface area contributed by atoms with Crippen LogP contribution in [0.15, 0.2) is 17.1 Å². The summed E-state index contributed by atoms with van der Waals surface area (Å²) in [5, 5.41) is 0. The number of nitrogens with one attached hydrogen (secondary N) is 1. The van der Waals surface area contributed by atoms with E-state index < -0.39 is 11.8 Å². The van der Waals surface area contributed by atoms with Crippen LogP contribution in [0.3, 0.4) is 0 Å². The fourth-order valence-electron chi connectivity index (χ4n) is 1.33. The first-order valence-electron chi connectivity index (χ1n) is 4.57. The Labute approximate surface area is 104 Å². The van der Waals surface area contributed by atoms with Crippen molar-refractivity contribution in [1.82, 2.24) is 14.5 Å². The van der Waals surface area contributed by atoms with E-state index >= 15 is 0 Å². The second-order valence-corrected chi connectivity index (χ2v) is 4.23. The predicted molar refractivity (Wildman–Crippen MR) is 65.5 cm³/mol. The average molecular weight is 333 g/mol. The van der Waals surface area contributed by atoms with E-state index in [4.69, 9.17) is 4.74 Å². The lowest BCUT2D eigenvalue weighted by molar-refractivity contribution is 0.154. The Morgan fingerprint density at radius 3 is 3.12 bits per heavy atom. The van der Waals surface area contributed by atoms with Crippen LogP contribution in [0.25, 0.3) is 11.2 Å². The van der Waals surface area contributed by atoms with Crippen molar-refractivity contribution in [3.8, 4) is 0 Å². The number of nitrogens with zero attached hydrogens (tertiary/aromatic N) is 2. The van der Waals surface area contributed by atoms with Gasteiger partial charge in [-0.05, 0) is 35.6 Å². The Morgan fingerprint density at radius 1 is 1.69 bits per heavy atom. The van der Waals surface area contributed by atoms with Crippen LogP contribution < -0.4 is 5.69 Å². The number of rotatable bonds is 1. The molecule has 2 aromatic heterocycles. The zero-order valence-electron chi connectivity index (χ0n) is 8.36. The lowest BCUT2D eigenvalue weighted by Gasteiger charge is -2.00. The van der Waals surface area contributed by atoms with E-state index in [0.29, 0.717) is 5.52 Å². The Bertz CT molecular complexity index is 602. The average Bonchev–Trinajstić information content (AvgIpc) is 2.53. The molecule has 7 heteroatoms.